The minimum Gasteiger partial charge on any atom is -0.324 e. The van der Waals surface area contributed by atoms with Gasteiger partial charge in [0.1, 0.15) is 9.21 Å². The Bertz CT molecular complexity index is 243. The monoisotopic (exact) mass is 280 g/mol. The Labute approximate surface area is 83.3 Å². The molecule has 0 aromatic carbocycles. The van der Waals surface area contributed by atoms with Gasteiger partial charge in [-0.3, -0.25) is 0 Å². The first-order valence-corrected chi connectivity index (χ1v) is 5.06. The van der Waals surface area contributed by atoms with Gasteiger partial charge in [-0.2, -0.15) is 0 Å². The smallest absolute Gasteiger partial charge is 0.138 e. The normalized spacial score (nSPS) is 11.0. The lowest BCUT2D eigenvalue weighted by Crippen LogP contribution is -2.02. The van der Waals surface area contributed by atoms with E-state index in [1.54, 1.807) is 0 Å². The predicted octanol–water partition coefficient (Wildman–Crippen LogP) is 3.06. The summed E-state index contributed by atoms with van der Waals surface area (Å²) in [5.74, 6) is 0.646. The highest BCUT2D eigenvalue weighted by Gasteiger charge is 2.05. The Kier molecular flexibility index (Phi) is 3.13. The van der Waals surface area contributed by atoms with Crippen LogP contribution in [0.5, 0.6) is 0 Å². The summed E-state index contributed by atoms with van der Waals surface area (Å²) < 4.78 is 3.97. The third-order valence-corrected chi connectivity index (χ3v) is 3.24. The number of nitrogens with zero attached hydrogens (tertiary/aromatic N) is 2. The zero-order valence-electron chi connectivity index (χ0n) is 6.51. The van der Waals surface area contributed by atoms with Crippen LogP contribution in [0.3, 0.4) is 0 Å². The van der Waals surface area contributed by atoms with E-state index in [0.717, 1.165) is 15.8 Å². The van der Waals surface area contributed by atoms with E-state index < -0.39 is 0 Å². The third-order valence-electron chi connectivity index (χ3n) is 1.29. The van der Waals surface area contributed by atoms with Crippen molar-refractivity contribution < 1.29 is 0 Å². The van der Waals surface area contributed by atoms with Crippen LogP contribution < -0.4 is 0 Å². The van der Waals surface area contributed by atoms with E-state index in [1.165, 1.54) is 0 Å². The summed E-state index contributed by atoms with van der Waals surface area (Å²) in [4.78, 5) is 4.10. The van der Waals surface area contributed by atoms with E-state index in [1.807, 2.05) is 6.33 Å². The van der Waals surface area contributed by atoms with Crippen LogP contribution in [0, 0.1) is 5.92 Å². The Morgan fingerprint density at radius 3 is 2.55 bits per heavy atom. The Morgan fingerprint density at radius 1 is 1.55 bits per heavy atom. The molecule has 1 heterocycles. The van der Waals surface area contributed by atoms with Gasteiger partial charge >= 0.3 is 0 Å². The molecule has 1 rings (SSSR count). The minimum absolute atomic E-state index is 0.646. The SMILES string of the molecule is CC(C)Cn1cnc(Br)c1Br. The van der Waals surface area contributed by atoms with Crippen LogP contribution in [-0.2, 0) is 6.54 Å². The molecular weight excluding hydrogens is 272 g/mol. The van der Waals surface area contributed by atoms with E-state index >= 15 is 0 Å². The van der Waals surface area contributed by atoms with Crippen molar-refractivity contribution in [2.75, 3.05) is 0 Å². The fourth-order valence-corrected chi connectivity index (χ4v) is 1.52. The van der Waals surface area contributed by atoms with Crippen molar-refractivity contribution in [3.05, 3.63) is 15.5 Å². The van der Waals surface area contributed by atoms with Crippen LogP contribution >= 0.6 is 31.9 Å². The maximum absolute atomic E-state index is 4.10. The number of aromatic nitrogens is 2. The van der Waals surface area contributed by atoms with Crippen molar-refractivity contribution in [3.63, 3.8) is 0 Å². The zero-order valence-corrected chi connectivity index (χ0v) is 9.68. The Hall–Kier alpha value is 0.170. The van der Waals surface area contributed by atoms with Gasteiger partial charge in [0, 0.05) is 6.54 Å². The number of rotatable bonds is 2. The van der Waals surface area contributed by atoms with E-state index in [4.69, 9.17) is 0 Å². The van der Waals surface area contributed by atoms with E-state index in [9.17, 15) is 0 Å². The second-order valence-electron chi connectivity index (χ2n) is 2.87. The van der Waals surface area contributed by atoms with Gasteiger partial charge in [-0.05, 0) is 37.8 Å². The molecule has 0 radical (unpaired) electrons. The predicted molar refractivity (Wildman–Crippen MR) is 52.5 cm³/mol. The number of hydrogen-bond acceptors (Lipinski definition) is 1. The second-order valence-corrected chi connectivity index (χ2v) is 4.37. The molecule has 0 aliphatic heterocycles. The fourth-order valence-electron chi connectivity index (χ4n) is 0.864. The van der Waals surface area contributed by atoms with Crippen molar-refractivity contribution in [1.29, 1.82) is 0 Å². The fraction of sp³-hybridized carbons (Fsp3) is 0.571. The number of imidazole rings is 1. The molecule has 0 bridgehead atoms. The van der Waals surface area contributed by atoms with Crippen LogP contribution in [0.25, 0.3) is 0 Å². The third kappa shape index (κ3) is 2.30. The summed E-state index contributed by atoms with van der Waals surface area (Å²) in [6, 6.07) is 0. The summed E-state index contributed by atoms with van der Waals surface area (Å²) >= 11 is 6.76. The Balaban J connectivity index is 2.79. The van der Waals surface area contributed by atoms with Crippen molar-refractivity contribution in [3.8, 4) is 0 Å². The molecule has 0 fully saturated rings. The highest BCUT2D eigenvalue weighted by Crippen LogP contribution is 2.21. The molecule has 0 atom stereocenters. The lowest BCUT2D eigenvalue weighted by molar-refractivity contribution is 0.516. The first-order valence-electron chi connectivity index (χ1n) is 3.47. The maximum atomic E-state index is 4.10. The summed E-state index contributed by atoms with van der Waals surface area (Å²) in [6.07, 6.45) is 1.83. The molecule has 0 amide bonds. The van der Waals surface area contributed by atoms with E-state index in [-0.39, 0.29) is 0 Å². The molecule has 62 valence electrons. The highest BCUT2D eigenvalue weighted by molar-refractivity contribution is 9.13. The van der Waals surface area contributed by atoms with Crippen molar-refractivity contribution in [2.45, 2.75) is 20.4 Å². The second kappa shape index (κ2) is 3.72. The molecule has 1 aromatic heterocycles. The summed E-state index contributed by atoms with van der Waals surface area (Å²) in [5, 5.41) is 0. The highest BCUT2D eigenvalue weighted by atomic mass is 79.9. The quantitative estimate of drug-likeness (QED) is 0.815. The van der Waals surface area contributed by atoms with Gasteiger partial charge in [0.05, 0.1) is 6.33 Å². The van der Waals surface area contributed by atoms with E-state index in [0.29, 0.717) is 5.92 Å². The molecule has 11 heavy (non-hydrogen) atoms. The van der Waals surface area contributed by atoms with Gasteiger partial charge in [0.15, 0.2) is 0 Å². The molecule has 0 saturated heterocycles. The van der Waals surface area contributed by atoms with Gasteiger partial charge < -0.3 is 4.57 Å². The zero-order chi connectivity index (χ0) is 8.43. The van der Waals surface area contributed by atoms with E-state index in [2.05, 4.69) is 55.3 Å². The van der Waals surface area contributed by atoms with Crippen molar-refractivity contribution in [2.24, 2.45) is 5.92 Å². The standard InChI is InChI=1S/C7H10Br2N2/c1-5(2)3-11-4-10-6(8)7(11)9/h4-5H,3H2,1-2H3. The lowest BCUT2D eigenvalue weighted by atomic mass is 10.2. The summed E-state index contributed by atoms with van der Waals surface area (Å²) in [6.45, 7) is 5.36. The molecule has 1 aromatic rings. The summed E-state index contributed by atoms with van der Waals surface area (Å²) in [7, 11) is 0. The average molecular weight is 282 g/mol. The van der Waals surface area contributed by atoms with Gasteiger partial charge in [-0.25, -0.2) is 4.98 Å². The summed E-state index contributed by atoms with van der Waals surface area (Å²) in [5.41, 5.74) is 0. The van der Waals surface area contributed by atoms with Crippen LogP contribution in [0.1, 0.15) is 13.8 Å². The molecule has 0 N–H and O–H groups in total. The van der Waals surface area contributed by atoms with Gasteiger partial charge in [-0.1, -0.05) is 13.8 Å². The molecule has 0 unspecified atom stereocenters. The van der Waals surface area contributed by atoms with Crippen LogP contribution in [0.15, 0.2) is 15.5 Å². The lowest BCUT2D eigenvalue weighted by Gasteiger charge is -2.06. The van der Waals surface area contributed by atoms with Crippen LogP contribution in [0.2, 0.25) is 0 Å². The number of halogens is 2. The minimum atomic E-state index is 0.646. The molecule has 0 spiro atoms. The average Bonchev–Trinajstić information content (AvgIpc) is 2.18. The molecule has 0 aliphatic carbocycles. The van der Waals surface area contributed by atoms with Crippen molar-refractivity contribution >= 4 is 31.9 Å². The molecule has 0 aliphatic rings. The van der Waals surface area contributed by atoms with Crippen molar-refractivity contribution in [1.82, 2.24) is 9.55 Å². The molecule has 2 nitrogen and oxygen atoms in total. The molecular formula is C7H10Br2N2. The van der Waals surface area contributed by atoms with Crippen LogP contribution in [-0.4, -0.2) is 9.55 Å². The first-order chi connectivity index (χ1) is 5.11. The molecule has 4 heteroatoms. The Morgan fingerprint density at radius 2 is 2.18 bits per heavy atom. The van der Waals surface area contributed by atoms with Crippen LogP contribution in [0.4, 0.5) is 0 Å². The molecule has 0 saturated carbocycles. The van der Waals surface area contributed by atoms with Gasteiger partial charge in [0.2, 0.25) is 0 Å². The first kappa shape index (κ1) is 9.26. The van der Waals surface area contributed by atoms with Gasteiger partial charge in [-0.15, -0.1) is 0 Å². The van der Waals surface area contributed by atoms with Gasteiger partial charge in [0.25, 0.3) is 0 Å². The largest absolute Gasteiger partial charge is 0.324 e. The maximum Gasteiger partial charge on any atom is 0.138 e. The number of hydrogen-bond donors (Lipinski definition) is 0. The topological polar surface area (TPSA) is 17.8 Å².